The zero-order valence-corrected chi connectivity index (χ0v) is 12.3. The molecule has 0 spiro atoms. The second-order valence-electron chi connectivity index (χ2n) is 5.46. The molecule has 1 heterocycles. The van der Waals surface area contributed by atoms with Gasteiger partial charge < -0.3 is 10.6 Å². The van der Waals surface area contributed by atoms with E-state index in [4.69, 9.17) is 0 Å². The largest absolute Gasteiger partial charge is 0.367 e. The van der Waals surface area contributed by atoms with Crippen LogP contribution >= 0.6 is 0 Å². The molecule has 0 radical (unpaired) electrons. The van der Waals surface area contributed by atoms with Crippen LogP contribution in [0.4, 0.5) is 5.82 Å². The summed E-state index contributed by atoms with van der Waals surface area (Å²) in [5.74, 6) is 0.720. The first-order valence-corrected chi connectivity index (χ1v) is 6.63. The van der Waals surface area contributed by atoms with Gasteiger partial charge in [0.25, 0.3) is 0 Å². The Balaban J connectivity index is 2.22. The number of fused-ring (bicyclic) bond motifs is 1. The molecule has 5 heteroatoms. The number of carbonyl (C=O) groups is 1. The van der Waals surface area contributed by atoms with Crippen LogP contribution in [-0.2, 0) is 4.79 Å². The van der Waals surface area contributed by atoms with Crippen LogP contribution in [0.1, 0.15) is 19.5 Å². The number of rotatable bonds is 4. The van der Waals surface area contributed by atoms with Gasteiger partial charge in [-0.15, -0.1) is 0 Å². The molecular weight excluding hydrogens is 252 g/mol. The lowest BCUT2D eigenvalue weighted by molar-refractivity contribution is -0.128. The van der Waals surface area contributed by atoms with E-state index in [1.54, 1.807) is 7.05 Å². The zero-order valence-electron chi connectivity index (χ0n) is 12.3. The van der Waals surface area contributed by atoms with Crippen LogP contribution in [0.2, 0.25) is 0 Å². The smallest absolute Gasteiger partial charge is 0.227 e. The second kappa shape index (κ2) is 5.45. The molecule has 0 bridgehead atoms. The predicted octanol–water partition coefficient (Wildman–Crippen LogP) is 2.12. The number of anilines is 1. The fourth-order valence-corrected chi connectivity index (χ4v) is 1.98. The zero-order chi connectivity index (χ0) is 14.8. The summed E-state index contributed by atoms with van der Waals surface area (Å²) in [6, 6.07) is 7.74. The number of hydrogen-bond acceptors (Lipinski definition) is 4. The number of amides is 1. The van der Waals surface area contributed by atoms with Crippen molar-refractivity contribution in [3.63, 3.8) is 0 Å². The molecule has 0 atom stereocenters. The van der Waals surface area contributed by atoms with Crippen molar-refractivity contribution in [2.24, 2.45) is 5.41 Å². The van der Waals surface area contributed by atoms with Gasteiger partial charge in [0.1, 0.15) is 5.82 Å². The molecule has 2 aromatic rings. The third kappa shape index (κ3) is 2.87. The first kappa shape index (κ1) is 14.2. The molecule has 0 unspecified atom stereocenters. The van der Waals surface area contributed by atoms with Crippen LogP contribution in [0.3, 0.4) is 0 Å². The van der Waals surface area contributed by atoms with E-state index < -0.39 is 5.41 Å². The third-order valence-corrected chi connectivity index (χ3v) is 3.28. The fraction of sp³-hybridized carbons (Fsp3) is 0.400. The third-order valence-electron chi connectivity index (χ3n) is 3.28. The minimum absolute atomic E-state index is 0.00333. The molecule has 1 aromatic carbocycles. The lowest BCUT2D eigenvalue weighted by Gasteiger charge is -2.23. The van der Waals surface area contributed by atoms with Crippen LogP contribution in [0.5, 0.6) is 0 Å². The highest BCUT2D eigenvalue weighted by molar-refractivity contribution is 5.82. The summed E-state index contributed by atoms with van der Waals surface area (Å²) < 4.78 is 0. The standard InChI is InChI=1S/C15H20N4O/c1-10-13(17-9-15(2,3)14(20)16-4)19-12-8-6-5-7-11(12)18-10/h5-8H,9H2,1-4H3,(H,16,20)(H,17,19). The Hall–Kier alpha value is -2.17. The Morgan fingerprint density at radius 1 is 1.20 bits per heavy atom. The van der Waals surface area contributed by atoms with E-state index in [-0.39, 0.29) is 5.91 Å². The maximum atomic E-state index is 11.8. The summed E-state index contributed by atoms with van der Waals surface area (Å²) >= 11 is 0. The van der Waals surface area contributed by atoms with E-state index in [0.717, 1.165) is 22.5 Å². The summed E-state index contributed by atoms with van der Waals surface area (Å²) in [5.41, 5.74) is 2.05. The van der Waals surface area contributed by atoms with E-state index >= 15 is 0 Å². The maximum Gasteiger partial charge on any atom is 0.227 e. The molecule has 0 fully saturated rings. The SMILES string of the molecule is CNC(=O)C(C)(C)CNc1nc2ccccc2nc1C. The lowest BCUT2D eigenvalue weighted by atomic mass is 9.92. The first-order valence-electron chi connectivity index (χ1n) is 6.63. The Morgan fingerprint density at radius 2 is 1.80 bits per heavy atom. The molecule has 5 nitrogen and oxygen atoms in total. The minimum Gasteiger partial charge on any atom is -0.367 e. The van der Waals surface area contributed by atoms with Gasteiger partial charge in [0, 0.05) is 13.6 Å². The van der Waals surface area contributed by atoms with Crippen molar-refractivity contribution in [3.8, 4) is 0 Å². The van der Waals surface area contributed by atoms with Crippen molar-refractivity contribution in [2.75, 3.05) is 18.9 Å². The van der Waals surface area contributed by atoms with Crippen molar-refractivity contribution >= 4 is 22.8 Å². The van der Waals surface area contributed by atoms with Gasteiger partial charge in [0.05, 0.1) is 22.1 Å². The number of benzene rings is 1. The van der Waals surface area contributed by atoms with E-state index in [1.165, 1.54) is 0 Å². The molecule has 2 N–H and O–H groups in total. The van der Waals surface area contributed by atoms with Crippen LogP contribution in [0, 0.1) is 12.3 Å². The molecule has 0 aliphatic heterocycles. The van der Waals surface area contributed by atoms with Gasteiger partial charge >= 0.3 is 0 Å². The highest BCUT2D eigenvalue weighted by atomic mass is 16.2. The van der Waals surface area contributed by atoms with Crippen LogP contribution in [-0.4, -0.2) is 29.5 Å². The summed E-state index contributed by atoms with van der Waals surface area (Å²) in [6.45, 7) is 6.19. The fourth-order valence-electron chi connectivity index (χ4n) is 1.98. The molecule has 0 saturated carbocycles. The molecule has 0 aliphatic carbocycles. The van der Waals surface area contributed by atoms with E-state index in [2.05, 4.69) is 20.6 Å². The molecular formula is C15H20N4O. The van der Waals surface area contributed by atoms with Gasteiger partial charge in [-0.3, -0.25) is 4.79 Å². The van der Waals surface area contributed by atoms with Crippen LogP contribution in [0.25, 0.3) is 11.0 Å². The van der Waals surface area contributed by atoms with Gasteiger partial charge in [-0.2, -0.15) is 0 Å². The number of carbonyl (C=O) groups excluding carboxylic acids is 1. The molecule has 2 rings (SSSR count). The molecule has 106 valence electrons. The van der Waals surface area contributed by atoms with Gasteiger partial charge in [0.15, 0.2) is 0 Å². The molecule has 0 saturated heterocycles. The highest BCUT2D eigenvalue weighted by Gasteiger charge is 2.26. The Kier molecular flexibility index (Phi) is 3.88. The van der Waals surface area contributed by atoms with Crippen molar-refractivity contribution in [1.82, 2.24) is 15.3 Å². The summed E-state index contributed by atoms with van der Waals surface area (Å²) in [4.78, 5) is 20.8. The van der Waals surface area contributed by atoms with E-state index in [9.17, 15) is 4.79 Å². The predicted molar refractivity (Wildman–Crippen MR) is 80.6 cm³/mol. The van der Waals surface area contributed by atoms with Crippen molar-refractivity contribution < 1.29 is 4.79 Å². The number of hydrogen-bond donors (Lipinski definition) is 2. The number of aryl methyl sites for hydroxylation is 1. The normalized spacial score (nSPS) is 11.4. The van der Waals surface area contributed by atoms with E-state index in [0.29, 0.717) is 6.54 Å². The van der Waals surface area contributed by atoms with Crippen molar-refractivity contribution in [1.29, 1.82) is 0 Å². The Bertz CT molecular complexity index is 637. The quantitative estimate of drug-likeness (QED) is 0.894. The lowest BCUT2D eigenvalue weighted by Crippen LogP contribution is -2.39. The van der Waals surface area contributed by atoms with Gasteiger partial charge in [-0.25, -0.2) is 9.97 Å². The number of para-hydroxylation sites is 2. The molecule has 1 aromatic heterocycles. The molecule has 0 aliphatic rings. The van der Waals surface area contributed by atoms with Crippen LogP contribution in [0.15, 0.2) is 24.3 Å². The van der Waals surface area contributed by atoms with Crippen molar-refractivity contribution in [3.05, 3.63) is 30.0 Å². The number of aromatic nitrogens is 2. The van der Waals surface area contributed by atoms with Gasteiger partial charge in [-0.1, -0.05) is 12.1 Å². The maximum absolute atomic E-state index is 11.8. The van der Waals surface area contributed by atoms with Crippen molar-refractivity contribution in [2.45, 2.75) is 20.8 Å². The monoisotopic (exact) mass is 272 g/mol. The van der Waals surface area contributed by atoms with Gasteiger partial charge in [0.2, 0.25) is 5.91 Å². The van der Waals surface area contributed by atoms with Gasteiger partial charge in [-0.05, 0) is 32.9 Å². The highest BCUT2D eigenvalue weighted by Crippen LogP contribution is 2.19. The first-order chi connectivity index (χ1) is 9.44. The Morgan fingerprint density at radius 3 is 2.40 bits per heavy atom. The average molecular weight is 272 g/mol. The molecule has 20 heavy (non-hydrogen) atoms. The molecule has 1 amide bonds. The second-order valence-corrected chi connectivity index (χ2v) is 5.46. The number of nitrogens with zero attached hydrogens (tertiary/aromatic N) is 2. The average Bonchev–Trinajstić information content (AvgIpc) is 2.44. The summed E-state index contributed by atoms with van der Waals surface area (Å²) in [6.07, 6.45) is 0. The summed E-state index contributed by atoms with van der Waals surface area (Å²) in [7, 11) is 1.64. The summed E-state index contributed by atoms with van der Waals surface area (Å²) in [5, 5.41) is 5.90. The van der Waals surface area contributed by atoms with Crippen LogP contribution < -0.4 is 10.6 Å². The number of nitrogens with one attached hydrogen (secondary N) is 2. The Labute approximate surface area is 118 Å². The minimum atomic E-state index is -0.505. The topological polar surface area (TPSA) is 66.9 Å². The van der Waals surface area contributed by atoms with E-state index in [1.807, 2.05) is 45.0 Å².